The van der Waals surface area contributed by atoms with Crippen LogP contribution < -0.4 is 0 Å². The van der Waals surface area contributed by atoms with Crippen molar-refractivity contribution in [2.75, 3.05) is 0 Å². The summed E-state index contributed by atoms with van der Waals surface area (Å²) in [5, 5.41) is 4.53. The lowest BCUT2D eigenvalue weighted by atomic mass is 10.2. The van der Waals surface area contributed by atoms with Gasteiger partial charge in [-0.3, -0.25) is 0 Å². The lowest BCUT2D eigenvalue weighted by molar-refractivity contribution is 0.511. The van der Waals surface area contributed by atoms with Crippen LogP contribution >= 0.6 is 15.9 Å². The van der Waals surface area contributed by atoms with Gasteiger partial charge in [0.15, 0.2) is 0 Å². The Bertz CT molecular complexity index is 436. The van der Waals surface area contributed by atoms with Crippen molar-refractivity contribution in [3.63, 3.8) is 0 Å². The molecule has 0 saturated heterocycles. The summed E-state index contributed by atoms with van der Waals surface area (Å²) < 4.78 is 15.3. The zero-order valence-corrected chi connectivity index (χ0v) is 7.97. The average molecular weight is 229 g/mol. The van der Waals surface area contributed by atoms with Crippen LogP contribution in [0.4, 0.5) is 4.39 Å². The van der Waals surface area contributed by atoms with E-state index in [2.05, 4.69) is 21.0 Å². The molecule has 2 aromatic rings. The van der Waals surface area contributed by atoms with Crippen molar-refractivity contribution in [2.24, 2.45) is 7.05 Å². The van der Waals surface area contributed by atoms with Gasteiger partial charge in [0.25, 0.3) is 0 Å². The van der Waals surface area contributed by atoms with Gasteiger partial charge < -0.3 is 0 Å². The van der Waals surface area contributed by atoms with Gasteiger partial charge in [0.1, 0.15) is 0 Å². The molecule has 0 aliphatic carbocycles. The summed E-state index contributed by atoms with van der Waals surface area (Å²) >= 11 is 3.27. The highest BCUT2D eigenvalue weighted by molar-refractivity contribution is 9.10. The lowest BCUT2D eigenvalue weighted by Crippen LogP contribution is -1.92. The molecule has 0 aliphatic heterocycles. The monoisotopic (exact) mass is 228 g/mol. The first kappa shape index (κ1) is 7.73. The highest BCUT2D eigenvalue weighted by Gasteiger charge is 2.09. The number of benzene rings is 1. The molecular weight excluding hydrogens is 223 g/mol. The molecule has 2 rings (SSSR count). The van der Waals surface area contributed by atoms with E-state index in [0.717, 1.165) is 4.47 Å². The molecule has 0 fully saturated rings. The molecule has 0 saturated carbocycles. The number of rotatable bonds is 0. The van der Waals surface area contributed by atoms with Gasteiger partial charge in [-0.25, -0.2) is 4.68 Å². The lowest BCUT2D eigenvalue weighted by Gasteiger charge is -1.90. The normalized spacial score (nSPS) is 10.9. The predicted octanol–water partition coefficient (Wildman–Crippen LogP) is 2.47. The summed E-state index contributed by atoms with van der Waals surface area (Å²) in [7, 11) is 1.59. The van der Waals surface area contributed by atoms with Gasteiger partial charge >= 0.3 is 0 Å². The van der Waals surface area contributed by atoms with Gasteiger partial charge in [0.05, 0.1) is 10.9 Å². The quantitative estimate of drug-likeness (QED) is 0.678. The molecule has 0 amide bonds. The van der Waals surface area contributed by atoms with E-state index < -0.39 is 0 Å². The van der Waals surface area contributed by atoms with Crippen LogP contribution in [0.3, 0.4) is 0 Å². The van der Waals surface area contributed by atoms with Crippen molar-refractivity contribution in [2.45, 2.75) is 0 Å². The zero-order chi connectivity index (χ0) is 8.72. The minimum atomic E-state index is -0.308. The molecule has 0 aliphatic rings. The fourth-order valence-electron chi connectivity index (χ4n) is 1.17. The number of hydrogen-bond acceptors (Lipinski definition) is 1. The van der Waals surface area contributed by atoms with Crippen molar-refractivity contribution in [1.29, 1.82) is 0 Å². The summed E-state index contributed by atoms with van der Waals surface area (Å²) in [5.41, 5.74) is 0.671. The summed E-state index contributed by atoms with van der Waals surface area (Å²) in [4.78, 5) is 0. The van der Waals surface area contributed by atoms with E-state index in [1.165, 1.54) is 4.68 Å². The minimum Gasteiger partial charge on any atom is -0.242 e. The van der Waals surface area contributed by atoms with Crippen LogP contribution in [0.15, 0.2) is 22.7 Å². The van der Waals surface area contributed by atoms with E-state index >= 15 is 0 Å². The Labute approximate surface area is 77.1 Å². The van der Waals surface area contributed by atoms with Crippen molar-refractivity contribution in [3.05, 3.63) is 28.6 Å². The van der Waals surface area contributed by atoms with Crippen LogP contribution in [0.1, 0.15) is 0 Å². The summed E-state index contributed by atoms with van der Waals surface area (Å²) in [6, 6.07) is 5.41. The second kappa shape index (κ2) is 2.55. The highest BCUT2D eigenvalue weighted by atomic mass is 79.9. The van der Waals surface area contributed by atoms with E-state index in [9.17, 15) is 4.39 Å². The van der Waals surface area contributed by atoms with Gasteiger partial charge in [-0.1, -0.05) is 6.07 Å². The maximum atomic E-state index is 13.3. The molecule has 0 N–H and O–H groups in total. The zero-order valence-electron chi connectivity index (χ0n) is 6.38. The van der Waals surface area contributed by atoms with Crippen LogP contribution in [0.25, 0.3) is 10.9 Å². The van der Waals surface area contributed by atoms with Crippen molar-refractivity contribution in [3.8, 4) is 0 Å². The first-order valence-corrected chi connectivity index (χ1v) is 4.26. The van der Waals surface area contributed by atoms with Crippen LogP contribution in [-0.4, -0.2) is 9.78 Å². The first-order chi connectivity index (χ1) is 5.70. The molecule has 12 heavy (non-hydrogen) atoms. The molecule has 4 heteroatoms. The predicted molar refractivity (Wildman–Crippen MR) is 48.4 cm³/mol. The van der Waals surface area contributed by atoms with E-state index in [1.54, 1.807) is 19.2 Å². The number of hydrogen-bond donors (Lipinski definition) is 0. The maximum absolute atomic E-state index is 13.3. The smallest absolute Gasteiger partial charge is 0.220 e. The third kappa shape index (κ3) is 0.948. The van der Waals surface area contributed by atoms with Crippen LogP contribution in [0, 0.1) is 5.95 Å². The highest BCUT2D eigenvalue weighted by Crippen LogP contribution is 2.24. The van der Waals surface area contributed by atoms with E-state index in [-0.39, 0.29) is 5.95 Å². The Morgan fingerprint density at radius 1 is 1.50 bits per heavy atom. The Balaban J connectivity index is 2.97. The molecule has 1 heterocycles. The average Bonchev–Trinajstić information content (AvgIpc) is 2.29. The molecule has 1 aromatic carbocycles. The molecule has 2 nitrogen and oxygen atoms in total. The number of halogens is 2. The third-order valence-corrected chi connectivity index (χ3v) is 2.40. The standard InChI is InChI=1S/C8H6BrFN2/c1-12-8(10)7-5(9)3-2-4-6(7)11-12/h2-4H,1H3. The van der Waals surface area contributed by atoms with E-state index in [0.29, 0.717) is 10.9 Å². The summed E-state index contributed by atoms with van der Waals surface area (Å²) in [5.74, 6) is -0.308. The van der Waals surface area contributed by atoms with Gasteiger partial charge in [0.2, 0.25) is 5.95 Å². The van der Waals surface area contributed by atoms with E-state index in [1.807, 2.05) is 6.07 Å². The first-order valence-electron chi connectivity index (χ1n) is 3.47. The van der Waals surface area contributed by atoms with Crippen LogP contribution in [-0.2, 0) is 7.05 Å². The van der Waals surface area contributed by atoms with Crippen LogP contribution in [0.2, 0.25) is 0 Å². The van der Waals surface area contributed by atoms with Crippen LogP contribution in [0.5, 0.6) is 0 Å². The minimum absolute atomic E-state index is 0.308. The van der Waals surface area contributed by atoms with Crippen molar-refractivity contribution < 1.29 is 4.39 Å². The Hall–Kier alpha value is -0.900. The van der Waals surface area contributed by atoms with Gasteiger partial charge in [-0.15, -0.1) is 0 Å². The number of aromatic nitrogens is 2. The third-order valence-electron chi connectivity index (χ3n) is 1.74. The number of fused-ring (bicyclic) bond motifs is 1. The molecule has 0 spiro atoms. The van der Waals surface area contributed by atoms with Gasteiger partial charge in [0, 0.05) is 11.5 Å². The summed E-state index contributed by atoms with van der Waals surface area (Å²) in [6.07, 6.45) is 0. The fraction of sp³-hybridized carbons (Fsp3) is 0.125. The summed E-state index contributed by atoms with van der Waals surface area (Å²) in [6.45, 7) is 0. The fourth-order valence-corrected chi connectivity index (χ4v) is 1.69. The van der Waals surface area contributed by atoms with Gasteiger partial charge in [-0.05, 0) is 28.1 Å². The Morgan fingerprint density at radius 3 is 2.92 bits per heavy atom. The molecule has 62 valence electrons. The molecule has 0 radical (unpaired) electrons. The molecular formula is C8H6BrFN2. The topological polar surface area (TPSA) is 17.8 Å². The molecule has 0 atom stereocenters. The van der Waals surface area contributed by atoms with Crippen molar-refractivity contribution in [1.82, 2.24) is 9.78 Å². The maximum Gasteiger partial charge on any atom is 0.220 e. The second-order valence-electron chi connectivity index (χ2n) is 2.55. The largest absolute Gasteiger partial charge is 0.242 e. The SMILES string of the molecule is Cn1nc2cccc(Br)c2c1F. The molecule has 1 aromatic heterocycles. The second-order valence-corrected chi connectivity index (χ2v) is 3.40. The number of aryl methyl sites for hydroxylation is 1. The Morgan fingerprint density at radius 2 is 2.25 bits per heavy atom. The number of nitrogens with zero attached hydrogens (tertiary/aromatic N) is 2. The van der Waals surface area contributed by atoms with Gasteiger partial charge in [-0.2, -0.15) is 9.49 Å². The molecule has 0 unspecified atom stereocenters. The van der Waals surface area contributed by atoms with Crippen molar-refractivity contribution >= 4 is 26.8 Å². The Kier molecular flexibility index (Phi) is 1.65. The van der Waals surface area contributed by atoms with E-state index in [4.69, 9.17) is 0 Å². The molecule has 0 bridgehead atoms.